The molecule has 0 N–H and O–H groups in total. The number of ketones is 1. The largest absolute Gasteiger partial charge is 0.358 e. The van der Waals surface area contributed by atoms with Crippen molar-refractivity contribution in [3.63, 3.8) is 0 Å². The standard InChI is InChI=1S/C31H28N2O6S2/c1-21-20-26(32-40(35,36)23-14-8-4-9-15-23)30(2)28(27(21)33-41(37,38)24-16-10-5-11-17-24)31(22-12-6-3-7-13-22)19-18-25(34)29(30)39-31/h3-17,20,28-29H,18-19H2,1-2H3/b32-26+,33-27+/t28-,29?,30-,31-/m0/s1. The summed E-state index contributed by atoms with van der Waals surface area (Å²) in [5, 5.41) is 0. The van der Waals surface area contributed by atoms with Crippen LogP contribution in [0, 0.1) is 11.3 Å². The van der Waals surface area contributed by atoms with Crippen LogP contribution in [0.3, 0.4) is 0 Å². The lowest BCUT2D eigenvalue weighted by molar-refractivity contribution is -0.150. The van der Waals surface area contributed by atoms with Crippen molar-refractivity contribution >= 4 is 37.3 Å². The van der Waals surface area contributed by atoms with Crippen molar-refractivity contribution in [3.8, 4) is 0 Å². The highest BCUT2D eigenvalue weighted by molar-refractivity contribution is 7.90. The number of sulfonamides is 2. The molecule has 2 bridgehead atoms. The first-order chi connectivity index (χ1) is 19.5. The summed E-state index contributed by atoms with van der Waals surface area (Å²) in [6.45, 7) is 3.43. The highest BCUT2D eigenvalue weighted by atomic mass is 32.2. The Balaban J connectivity index is 1.65. The third-order valence-corrected chi connectivity index (χ3v) is 10.9. The van der Waals surface area contributed by atoms with E-state index >= 15 is 0 Å². The van der Waals surface area contributed by atoms with Gasteiger partial charge in [0.2, 0.25) is 0 Å². The molecule has 2 heterocycles. The second kappa shape index (κ2) is 9.68. The van der Waals surface area contributed by atoms with Gasteiger partial charge in [-0.15, -0.1) is 0 Å². The van der Waals surface area contributed by atoms with E-state index in [1.165, 1.54) is 30.3 Å². The van der Waals surface area contributed by atoms with Gasteiger partial charge in [-0.25, -0.2) is 0 Å². The normalized spacial score (nSPS) is 29.8. The molecule has 0 aromatic heterocycles. The van der Waals surface area contributed by atoms with Gasteiger partial charge >= 0.3 is 0 Å². The minimum Gasteiger partial charge on any atom is -0.358 e. The molecular formula is C31H28N2O6S2. The lowest BCUT2D eigenvalue weighted by Crippen LogP contribution is -2.50. The van der Waals surface area contributed by atoms with Crippen LogP contribution in [-0.2, 0) is 35.2 Å². The first-order valence-corrected chi connectivity index (χ1v) is 16.1. The molecule has 1 unspecified atom stereocenters. The van der Waals surface area contributed by atoms with E-state index in [9.17, 15) is 21.6 Å². The van der Waals surface area contributed by atoms with E-state index in [1.54, 1.807) is 50.2 Å². The summed E-state index contributed by atoms with van der Waals surface area (Å²) in [6, 6.07) is 25.1. The number of benzene rings is 3. The van der Waals surface area contributed by atoms with Crippen molar-refractivity contribution < 1.29 is 26.4 Å². The van der Waals surface area contributed by atoms with Crippen molar-refractivity contribution in [2.45, 2.75) is 48.2 Å². The van der Waals surface area contributed by atoms with E-state index in [0.717, 1.165) is 5.56 Å². The van der Waals surface area contributed by atoms with Gasteiger partial charge in [-0.3, -0.25) is 4.79 Å². The zero-order valence-electron chi connectivity index (χ0n) is 22.5. The molecule has 0 amide bonds. The highest BCUT2D eigenvalue weighted by Gasteiger charge is 2.70. The van der Waals surface area contributed by atoms with Crippen LogP contribution >= 0.6 is 0 Å². The molecule has 3 aliphatic rings. The Bertz CT molecular complexity index is 1840. The maximum absolute atomic E-state index is 13.6. The molecule has 8 nitrogen and oxygen atoms in total. The van der Waals surface area contributed by atoms with Crippen molar-refractivity contribution in [1.29, 1.82) is 0 Å². The number of nitrogens with zero attached hydrogens (tertiary/aromatic N) is 2. The molecule has 4 atom stereocenters. The average molecular weight is 589 g/mol. The summed E-state index contributed by atoms with van der Waals surface area (Å²) in [7, 11) is -8.32. The number of rotatable bonds is 5. The summed E-state index contributed by atoms with van der Waals surface area (Å²) < 4.78 is 69.5. The molecule has 3 aromatic carbocycles. The van der Waals surface area contributed by atoms with E-state index in [-0.39, 0.29) is 39.8 Å². The van der Waals surface area contributed by atoms with E-state index in [1.807, 2.05) is 30.3 Å². The van der Waals surface area contributed by atoms with Crippen LogP contribution in [0.4, 0.5) is 0 Å². The average Bonchev–Trinajstić information content (AvgIpc) is 3.21. The maximum atomic E-state index is 13.6. The van der Waals surface area contributed by atoms with Gasteiger partial charge in [-0.1, -0.05) is 73.7 Å². The van der Waals surface area contributed by atoms with E-state index in [4.69, 9.17) is 4.74 Å². The van der Waals surface area contributed by atoms with Crippen molar-refractivity contribution in [3.05, 3.63) is 108 Å². The van der Waals surface area contributed by atoms with Gasteiger partial charge < -0.3 is 4.74 Å². The van der Waals surface area contributed by atoms with E-state index < -0.39 is 43.1 Å². The smallest absolute Gasteiger partial charge is 0.282 e. The van der Waals surface area contributed by atoms with Gasteiger partial charge in [-0.05, 0) is 54.8 Å². The van der Waals surface area contributed by atoms with Crippen LogP contribution in [0.15, 0.2) is 121 Å². The fourth-order valence-corrected chi connectivity index (χ4v) is 8.66. The van der Waals surface area contributed by atoms with Gasteiger partial charge in [0.15, 0.2) is 5.78 Å². The van der Waals surface area contributed by atoms with Crippen LogP contribution in [0.25, 0.3) is 0 Å². The lowest BCUT2D eigenvalue weighted by atomic mass is 9.59. The number of Topliss-reactive ketones (excluding diaryl/α,β-unsaturated/α-hetero) is 1. The van der Waals surface area contributed by atoms with Crippen LogP contribution in [0.2, 0.25) is 0 Å². The molecule has 0 saturated carbocycles. The molecule has 6 rings (SSSR count). The first-order valence-electron chi connectivity index (χ1n) is 13.2. The molecule has 41 heavy (non-hydrogen) atoms. The van der Waals surface area contributed by atoms with Gasteiger partial charge in [0, 0.05) is 12.3 Å². The summed E-state index contributed by atoms with van der Waals surface area (Å²) in [5.74, 6) is -1.01. The predicted octanol–water partition coefficient (Wildman–Crippen LogP) is 4.89. The second-order valence-electron chi connectivity index (χ2n) is 10.8. The Labute approximate surface area is 239 Å². The molecule has 10 heteroatoms. The molecule has 2 saturated heterocycles. The number of allylic oxidation sites excluding steroid dienone is 2. The van der Waals surface area contributed by atoms with Gasteiger partial charge in [0.1, 0.15) is 11.7 Å². The Morgan fingerprint density at radius 2 is 1.29 bits per heavy atom. The third kappa shape index (κ3) is 4.32. The van der Waals surface area contributed by atoms with E-state index in [2.05, 4.69) is 8.80 Å². The Kier molecular flexibility index (Phi) is 6.48. The number of hydrogen-bond acceptors (Lipinski definition) is 6. The summed E-state index contributed by atoms with van der Waals surface area (Å²) in [4.78, 5) is 13.5. The van der Waals surface area contributed by atoms with Gasteiger partial charge in [0.05, 0.1) is 26.6 Å². The summed E-state index contributed by atoms with van der Waals surface area (Å²) >= 11 is 0. The molecule has 1 aliphatic carbocycles. The minimum absolute atomic E-state index is 0.0100. The number of ether oxygens (including phenoxy) is 1. The highest BCUT2D eigenvalue weighted by Crippen LogP contribution is 2.62. The fraction of sp³-hybridized carbons (Fsp3) is 0.258. The fourth-order valence-electron chi connectivity index (χ4n) is 6.43. The molecule has 2 fully saturated rings. The maximum Gasteiger partial charge on any atom is 0.282 e. The number of fused-ring (bicyclic) bond motifs is 5. The molecular weight excluding hydrogens is 560 g/mol. The molecule has 2 aliphatic heterocycles. The zero-order chi connectivity index (χ0) is 29.0. The zero-order valence-corrected chi connectivity index (χ0v) is 24.1. The van der Waals surface area contributed by atoms with Gasteiger partial charge in [-0.2, -0.15) is 25.6 Å². The second-order valence-corrected chi connectivity index (χ2v) is 14.0. The van der Waals surface area contributed by atoms with Crippen molar-refractivity contribution in [1.82, 2.24) is 0 Å². The third-order valence-electron chi connectivity index (χ3n) is 8.34. The summed E-state index contributed by atoms with van der Waals surface area (Å²) in [5.41, 5.74) is -0.891. The number of hydrogen-bond donors (Lipinski definition) is 0. The molecule has 3 aromatic rings. The van der Waals surface area contributed by atoms with Crippen LogP contribution < -0.4 is 0 Å². The monoisotopic (exact) mass is 588 g/mol. The number of carbonyl (C=O) groups is 1. The Morgan fingerprint density at radius 3 is 1.85 bits per heavy atom. The quantitative estimate of drug-likeness (QED) is 0.419. The van der Waals surface area contributed by atoms with E-state index in [0.29, 0.717) is 5.57 Å². The first kappa shape index (κ1) is 27.4. The minimum atomic E-state index is -4.17. The van der Waals surface area contributed by atoms with Gasteiger partial charge in [0.25, 0.3) is 20.0 Å². The molecule has 0 spiro atoms. The predicted molar refractivity (Wildman–Crippen MR) is 155 cm³/mol. The van der Waals surface area contributed by atoms with Crippen molar-refractivity contribution in [2.75, 3.05) is 0 Å². The Hall–Kier alpha value is -3.73. The van der Waals surface area contributed by atoms with Crippen LogP contribution in [0.5, 0.6) is 0 Å². The topological polar surface area (TPSA) is 119 Å². The number of carbonyl (C=O) groups excluding carboxylic acids is 1. The SMILES string of the molecule is CC1=CC(=N\S(=O)(=O)c2ccccc2)/[C@]2(C)C3O[C@](c4ccccc4)(CCC3=O)[C@H]2/C1=N/S(=O)(=O)c1ccccc1. The molecule has 0 radical (unpaired) electrons. The van der Waals surface area contributed by atoms with Crippen LogP contribution in [0.1, 0.15) is 32.3 Å². The summed E-state index contributed by atoms with van der Waals surface area (Å²) in [6.07, 6.45) is 0.942. The molecule has 210 valence electrons. The lowest BCUT2D eigenvalue weighted by Gasteiger charge is -2.42. The van der Waals surface area contributed by atoms with Crippen LogP contribution in [-0.4, -0.2) is 40.1 Å². The Morgan fingerprint density at radius 1 is 0.780 bits per heavy atom. The van der Waals surface area contributed by atoms with Crippen molar-refractivity contribution in [2.24, 2.45) is 20.1 Å².